The molecule has 0 aliphatic carbocycles. The molecular weight excluding hydrogens is 499 g/mol. The Kier molecular flexibility index (Phi) is 21.7. The predicted molar refractivity (Wildman–Crippen MR) is 152 cm³/mol. The van der Waals surface area contributed by atoms with Crippen molar-refractivity contribution >= 4 is 25.4 Å². The van der Waals surface area contributed by atoms with E-state index < -0.39 is 5.97 Å². The van der Waals surface area contributed by atoms with Crippen molar-refractivity contribution in [2.75, 3.05) is 0 Å². The summed E-state index contributed by atoms with van der Waals surface area (Å²) in [5.74, 6) is -0.768. The minimum absolute atomic E-state index is 0.154. The third kappa shape index (κ3) is 20.0. The Hall–Kier alpha value is -0.831. The monoisotopic (exact) mass is 554 g/mol. The van der Waals surface area contributed by atoms with Crippen molar-refractivity contribution in [3.63, 3.8) is 0 Å². The van der Waals surface area contributed by atoms with E-state index in [1.54, 1.807) is 0 Å². The first kappa shape index (κ1) is 32.2. The Labute approximate surface area is 223 Å². The van der Waals surface area contributed by atoms with Crippen LogP contribution in [0.5, 0.6) is 0 Å². The minimum atomic E-state index is -0.768. The molecule has 0 heterocycles. The third-order valence-electron chi connectivity index (χ3n) is 6.94. The second-order valence-corrected chi connectivity index (χ2v) is 13.0. The number of benzene rings is 1. The van der Waals surface area contributed by atoms with E-state index in [4.69, 9.17) is 5.11 Å². The number of aliphatic carboxylic acids is 1. The molecule has 0 bridgehead atoms. The summed E-state index contributed by atoms with van der Waals surface area (Å²) in [6.07, 6.45) is 25.5. The standard InChI is InChI=1S/C31H54O3Se/c1-2-3-4-5-6-7-8-9-10-11-12-13-14-15-16-17-21-26-30(29(32)25-22-27-31(33)34)35-28-23-19-18-20-24-28/h18-20,23-24,29-30,32H,2-17,21-22,25-27H2,1H3,(H,33,34). The fourth-order valence-electron chi connectivity index (χ4n) is 4.72. The molecular formula is C31H54O3Se. The van der Waals surface area contributed by atoms with Gasteiger partial charge in [0.15, 0.2) is 0 Å². The van der Waals surface area contributed by atoms with Crippen LogP contribution in [0.25, 0.3) is 0 Å². The van der Waals surface area contributed by atoms with E-state index in [1.165, 1.54) is 114 Å². The number of carboxylic acids is 1. The number of hydrogen-bond donors (Lipinski definition) is 2. The summed E-state index contributed by atoms with van der Waals surface area (Å²) < 4.78 is 1.33. The average Bonchev–Trinajstić information content (AvgIpc) is 2.85. The molecule has 2 unspecified atom stereocenters. The maximum absolute atomic E-state index is 10.8. The van der Waals surface area contributed by atoms with Gasteiger partial charge in [0, 0.05) is 0 Å². The van der Waals surface area contributed by atoms with E-state index in [2.05, 4.69) is 31.2 Å². The molecule has 0 saturated heterocycles. The molecule has 2 N–H and O–H groups in total. The van der Waals surface area contributed by atoms with Crippen molar-refractivity contribution < 1.29 is 15.0 Å². The van der Waals surface area contributed by atoms with E-state index in [0.29, 0.717) is 12.8 Å². The summed E-state index contributed by atoms with van der Waals surface area (Å²) in [5.41, 5.74) is 0. The summed E-state index contributed by atoms with van der Waals surface area (Å²) in [4.78, 5) is 11.1. The van der Waals surface area contributed by atoms with E-state index in [-0.39, 0.29) is 32.3 Å². The second-order valence-electron chi connectivity index (χ2n) is 10.3. The molecule has 0 amide bonds. The molecule has 4 heteroatoms. The predicted octanol–water partition coefficient (Wildman–Crippen LogP) is 8.46. The molecule has 0 spiro atoms. The van der Waals surface area contributed by atoms with Gasteiger partial charge in [-0.15, -0.1) is 0 Å². The van der Waals surface area contributed by atoms with Crippen LogP contribution < -0.4 is 4.46 Å². The second kappa shape index (κ2) is 23.6. The molecule has 1 aromatic rings. The molecule has 2 atom stereocenters. The molecule has 3 nitrogen and oxygen atoms in total. The number of aliphatic hydroxyl groups excluding tert-OH is 1. The van der Waals surface area contributed by atoms with Crippen LogP contribution in [0.4, 0.5) is 0 Å². The number of carboxylic acid groups (broad SMARTS) is 1. The van der Waals surface area contributed by atoms with Crippen molar-refractivity contribution in [2.24, 2.45) is 0 Å². The van der Waals surface area contributed by atoms with E-state index in [1.807, 2.05) is 6.07 Å². The van der Waals surface area contributed by atoms with Crippen molar-refractivity contribution in [3.05, 3.63) is 30.3 Å². The van der Waals surface area contributed by atoms with Gasteiger partial charge in [0.1, 0.15) is 0 Å². The number of unbranched alkanes of at least 4 members (excludes halogenated alkanes) is 16. The van der Waals surface area contributed by atoms with Crippen LogP contribution in [-0.4, -0.2) is 37.2 Å². The zero-order valence-electron chi connectivity index (χ0n) is 22.6. The van der Waals surface area contributed by atoms with Crippen molar-refractivity contribution in [1.82, 2.24) is 0 Å². The fraction of sp³-hybridized carbons (Fsp3) is 0.774. The topological polar surface area (TPSA) is 57.5 Å². The zero-order valence-corrected chi connectivity index (χ0v) is 24.3. The molecule has 35 heavy (non-hydrogen) atoms. The Morgan fingerprint density at radius 3 is 1.60 bits per heavy atom. The van der Waals surface area contributed by atoms with Crippen LogP contribution in [0.2, 0.25) is 4.82 Å². The normalized spacial score (nSPS) is 13.1. The van der Waals surface area contributed by atoms with Gasteiger partial charge in [-0.25, -0.2) is 0 Å². The van der Waals surface area contributed by atoms with Crippen LogP contribution in [0.1, 0.15) is 142 Å². The van der Waals surface area contributed by atoms with Gasteiger partial charge in [-0.1, -0.05) is 51.9 Å². The fourth-order valence-corrected chi connectivity index (χ4v) is 7.33. The van der Waals surface area contributed by atoms with Gasteiger partial charge in [-0.2, -0.15) is 0 Å². The first-order valence-corrected chi connectivity index (χ1v) is 16.6. The van der Waals surface area contributed by atoms with Gasteiger partial charge in [0.25, 0.3) is 0 Å². The summed E-state index contributed by atoms with van der Waals surface area (Å²) in [5, 5.41) is 19.6. The Morgan fingerprint density at radius 2 is 1.14 bits per heavy atom. The van der Waals surface area contributed by atoms with Crippen molar-refractivity contribution in [3.8, 4) is 0 Å². The van der Waals surface area contributed by atoms with E-state index in [9.17, 15) is 9.90 Å². The van der Waals surface area contributed by atoms with Crippen molar-refractivity contribution in [1.29, 1.82) is 0 Å². The van der Waals surface area contributed by atoms with E-state index in [0.717, 1.165) is 6.42 Å². The number of hydrogen-bond acceptors (Lipinski definition) is 2. The molecule has 202 valence electrons. The van der Waals surface area contributed by atoms with Gasteiger partial charge >= 0.3 is 172 Å². The van der Waals surface area contributed by atoms with Gasteiger partial charge in [-0.05, 0) is 0 Å². The third-order valence-corrected chi connectivity index (χ3v) is 9.87. The van der Waals surface area contributed by atoms with Crippen LogP contribution >= 0.6 is 0 Å². The van der Waals surface area contributed by atoms with Gasteiger partial charge in [0.05, 0.1) is 0 Å². The molecule has 1 aromatic carbocycles. The Balaban J connectivity index is 2.04. The first-order chi connectivity index (χ1) is 17.1. The maximum atomic E-state index is 10.8. The van der Waals surface area contributed by atoms with E-state index >= 15 is 0 Å². The first-order valence-electron chi connectivity index (χ1n) is 14.7. The average molecular weight is 554 g/mol. The molecule has 0 fully saturated rings. The van der Waals surface area contributed by atoms with Crippen LogP contribution in [-0.2, 0) is 4.79 Å². The van der Waals surface area contributed by atoms with Gasteiger partial charge < -0.3 is 0 Å². The van der Waals surface area contributed by atoms with Crippen LogP contribution in [0.3, 0.4) is 0 Å². The molecule has 0 radical (unpaired) electrons. The summed E-state index contributed by atoms with van der Waals surface area (Å²) in [6, 6.07) is 10.5. The molecule has 0 aliphatic rings. The summed E-state index contributed by atoms with van der Waals surface area (Å²) in [6.45, 7) is 2.28. The Bertz CT molecular complexity index is 592. The molecule has 0 saturated carbocycles. The summed E-state index contributed by atoms with van der Waals surface area (Å²) in [7, 11) is 0. The summed E-state index contributed by atoms with van der Waals surface area (Å²) >= 11 is 0.235. The van der Waals surface area contributed by atoms with Crippen LogP contribution in [0, 0.1) is 0 Å². The molecule has 0 aliphatic heterocycles. The SMILES string of the molecule is CCCCCCCCCCCCCCCCCCCC([Se]c1ccccc1)C(O)CCCC(=O)O. The van der Waals surface area contributed by atoms with Crippen molar-refractivity contribution in [2.45, 2.75) is 153 Å². The molecule has 0 aromatic heterocycles. The van der Waals surface area contributed by atoms with Gasteiger partial charge in [-0.3, -0.25) is 0 Å². The van der Waals surface area contributed by atoms with Crippen LogP contribution in [0.15, 0.2) is 30.3 Å². The molecule has 1 rings (SSSR count). The Morgan fingerprint density at radius 1 is 0.686 bits per heavy atom. The quantitative estimate of drug-likeness (QED) is 0.0943. The number of carbonyl (C=O) groups is 1. The number of aliphatic hydroxyl groups is 1. The number of rotatable bonds is 25. The zero-order chi connectivity index (χ0) is 25.4. The van der Waals surface area contributed by atoms with Gasteiger partial charge in [0.2, 0.25) is 0 Å².